The Morgan fingerprint density at radius 1 is 1.24 bits per heavy atom. The summed E-state index contributed by atoms with van der Waals surface area (Å²) in [4.78, 5) is 20.9. The average molecular weight is 514 g/mol. The van der Waals surface area contributed by atoms with E-state index < -0.39 is 17.7 Å². The Kier molecular flexibility index (Phi) is 8.38. The number of halogens is 3. The minimum atomic E-state index is -4.48. The summed E-state index contributed by atoms with van der Waals surface area (Å²) in [6, 6.07) is 9.53. The average Bonchev–Trinajstić information content (AvgIpc) is 3.29. The lowest BCUT2D eigenvalue weighted by Crippen LogP contribution is -2.18. The molecular weight excluding hydrogens is 487 g/mol. The summed E-state index contributed by atoms with van der Waals surface area (Å²) in [6.07, 6.45) is 0.269. The van der Waals surface area contributed by atoms with E-state index >= 15 is 0 Å². The molecule has 8 nitrogen and oxygen atoms in total. The van der Waals surface area contributed by atoms with Crippen molar-refractivity contribution < 1.29 is 27.4 Å². The maximum Gasteiger partial charge on any atom is 0.416 e. The van der Waals surface area contributed by atoms with Crippen LogP contribution in [-0.2, 0) is 15.7 Å². The van der Waals surface area contributed by atoms with Crippen LogP contribution in [0.4, 0.5) is 18.9 Å². The van der Waals surface area contributed by atoms with E-state index in [-0.39, 0.29) is 29.4 Å². The van der Waals surface area contributed by atoms with Crippen LogP contribution in [-0.4, -0.2) is 34.9 Å². The Morgan fingerprint density at radius 3 is 2.51 bits per heavy atom. The van der Waals surface area contributed by atoms with Gasteiger partial charge in [-0.3, -0.25) is 0 Å². The van der Waals surface area contributed by atoms with Gasteiger partial charge in [-0.2, -0.15) is 13.2 Å². The predicted molar refractivity (Wildman–Crippen MR) is 135 cm³/mol. The number of alkyl halides is 3. The number of imidazole rings is 1. The number of methoxy groups -OCH3 is 1. The molecule has 194 valence electrons. The number of nitrogens with zero attached hydrogens (tertiary/aromatic N) is 3. The van der Waals surface area contributed by atoms with Crippen molar-refractivity contribution >= 4 is 23.1 Å². The SMILES string of the molecule is C=C(/N=C(\C=C(/N)c1ccc(C(F)(F)F)cc1)C(=O)OCC)Nc1ccc(-n2cnc(C)c2)c(OC)c1. The smallest absolute Gasteiger partial charge is 0.416 e. The van der Waals surface area contributed by atoms with Crippen LogP contribution in [0.3, 0.4) is 0 Å². The van der Waals surface area contributed by atoms with Crippen LogP contribution in [0.1, 0.15) is 23.7 Å². The van der Waals surface area contributed by atoms with Gasteiger partial charge < -0.3 is 25.1 Å². The lowest BCUT2D eigenvalue weighted by atomic mass is 10.1. The van der Waals surface area contributed by atoms with Gasteiger partial charge in [0.1, 0.15) is 11.6 Å². The molecule has 1 heterocycles. The van der Waals surface area contributed by atoms with Gasteiger partial charge in [0.25, 0.3) is 0 Å². The second-order valence-corrected chi connectivity index (χ2v) is 7.77. The number of hydrogen-bond acceptors (Lipinski definition) is 7. The Labute approximate surface area is 211 Å². The molecule has 1 aromatic heterocycles. The standard InChI is InChI=1S/C26H26F3N5O3/c1-5-37-25(35)22(13-21(30)18-6-8-19(9-7-18)26(27,28)29)33-17(3)32-20-10-11-23(24(12-20)36-4)34-14-16(2)31-15-34/h6-15,32H,3,5,30H2,1-2,4H3/b21-13-,33-22+. The quantitative estimate of drug-likeness (QED) is 0.305. The van der Waals surface area contributed by atoms with E-state index in [0.717, 1.165) is 23.5 Å². The van der Waals surface area contributed by atoms with E-state index in [1.807, 2.05) is 23.8 Å². The maximum atomic E-state index is 12.8. The summed E-state index contributed by atoms with van der Waals surface area (Å²) < 4.78 is 50.9. The number of esters is 1. The van der Waals surface area contributed by atoms with Crippen molar-refractivity contribution in [1.29, 1.82) is 0 Å². The zero-order valence-electron chi connectivity index (χ0n) is 20.5. The molecule has 11 heteroatoms. The highest BCUT2D eigenvalue weighted by Gasteiger charge is 2.30. The van der Waals surface area contributed by atoms with Crippen molar-refractivity contribution in [3.05, 3.63) is 90.3 Å². The molecule has 3 N–H and O–H groups in total. The third-order valence-electron chi connectivity index (χ3n) is 5.04. The maximum absolute atomic E-state index is 12.8. The van der Waals surface area contributed by atoms with Crippen molar-refractivity contribution in [1.82, 2.24) is 9.55 Å². The highest BCUT2D eigenvalue weighted by atomic mass is 19.4. The first-order valence-corrected chi connectivity index (χ1v) is 11.1. The number of aryl methyl sites for hydroxylation is 1. The fourth-order valence-corrected chi connectivity index (χ4v) is 3.29. The zero-order valence-corrected chi connectivity index (χ0v) is 20.5. The van der Waals surface area contributed by atoms with Gasteiger partial charge in [-0.15, -0.1) is 0 Å². The molecule has 0 spiro atoms. The van der Waals surface area contributed by atoms with Gasteiger partial charge in [0.15, 0.2) is 5.71 Å². The molecule has 3 aromatic rings. The summed E-state index contributed by atoms with van der Waals surface area (Å²) in [5.41, 5.74) is 7.54. The Morgan fingerprint density at radius 2 is 1.95 bits per heavy atom. The number of nitrogens with one attached hydrogen (secondary N) is 1. The third-order valence-corrected chi connectivity index (χ3v) is 5.04. The highest BCUT2D eigenvalue weighted by molar-refractivity contribution is 6.42. The number of aromatic nitrogens is 2. The first kappa shape index (κ1) is 27.1. The summed E-state index contributed by atoms with van der Waals surface area (Å²) in [5.74, 6) is -0.132. The molecule has 0 bridgehead atoms. The van der Waals surface area contributed by atoms with Gasteiger partial charge in [-0.25, -0.2) is 14.8 Å². The number of ether oxygens (including phenoxy) is 2. The molecule has 0 amide bonds. The number of hydrogen-bond donors (Lipinski definition) is 2. The van der Waals surface area contributed by atoms with E-state index in [9.17, 15) is 18.0 Å². The fraction of sp³-hybridized carbons (Fsp3) is 0.192. The Bertz CT molecular complexity index is 1340. The van der Waals surface area contributed by atoms with Crippen molar-refractivity contribution in [2.75, 3.05) is 19.0 Å². The molecule has 0 saturated heterocycles. The molecule has 0 aliphatic rings. The molecule has 0 atom stereocenters. The second-order valence-electron chi connectivity index (χ2n) is 7.77. The Hall–Kier alpha value is -4.54. The van der Waals surface area contributed by atoms with E-state index in [1.54, 1.807) is 25.4 Å². The first-order chi connectivity index (χ1) is 17.5. The number of benzene rings is 2. The number of nitrogens with two attached hydrogens (primary N) is 1. The highest BCUT2D eigenvalue weighted by Crippen LogP contribution is 2.30. The molecule has 2 aromatic carbocycles. The van der Waals surface area contributed by atoms with Crippen LogP contribution < -0.4 is 15.8 Å². The number of carbonyl (C=O) groups is 1. The predicted octanol–water partition coefficient (Wildman–Crippen LogP) is 5.10. The molecule has 0 fully saturated rings. The van der Waals surface area contributed by atoms with Crippen LogP contribution in [0.5, 0.6) is 5.75 Å². The van der Waals surface area contributed by atoms with Crippen LogP contribution >= 0.6 is 0 Å². The first-order valence-electron chi connectivity index (χ1n) is 11.1. The van der Waals surface area contributed by atoms with E-state index in [2.05, 4.69) is 21.9 Å². The number of carbonyl (C=O) groups excluding carboxylic acids is 1. The number of aliphatic imine (C=N–C) groups is 1. The van der Waals surface area contributed by atoms with Gasteiger partial charge in [-0.05, 0) is 49.8 Å². The van der Waals surface area contributed by atoms with Crippen LogP contribution in [0.25, 0.3) is 11.4 Å². The lowest BCUT2D eigenvalue weighted by Gasteiger charge is -2.13. The summed E-state index contributed by atoms with van der Waals surface area (Å²) >= 11 is 0. The van der Waals surface area contributed by atoms with E-state index in [4.69, 9.17) is 15.2 Å². The monoisotopic (exact) mass is 513 g/mol. The topological polar surface area (TPSA) is 104 Å². The summed E-state index contributed by atoms with van der Waals surface area (Å²) in [6.45, 7) is 7.42. The van der Waals surface area contributed by atoms with Crippen molar-refractivity contribution in [2.24, 2.45) is 10.7 Å². The van der Waals surface area contributed by atoms with Crippen molar-refractivity contribution in [2.45, 2.75) is 20.0 Å². The van der Waals surface area contributed by atoms with Gasteiger partial charge in [-0.1, -0.05) is 18.7 Å². The van der Waals surface area contributed by atoms with Gasteiger partial charge in [0.2, 0.25) is 0 Å². The fourth-order valence-electron chi connectivity index (χ4n) is 3.29. The molecule has 0 unspecified atom stereocenters. The third kappa shape index (κ3) is 7.00. The van der Waals surface area contributed by atoms with E-state index in [0.29, 0.717) is 11.4 Å². The van der Waals surface area contributed by atoms with Gasteiger partial charge >= 0.3 is 12.1 Å². The van der Waals surface area contributed by atoms with Gasteiger partial charge in [0.05, 0.1) is 37.0 Å². The molecule has 0 aliphatic heterocycles. The largest absolute Gasteiger partial charge is 0.494 e. The summed E-state index contributed by atoms with van der Waals surface area (Å²) in [7, 11) is 1.53. The normalized spacial score (nSPS) is 12.3. The Balaban J connectivity index is 1.85. The molecule has 3 rings (SSSR count). The zero-order chi connectivity index (χ0) is 27.2. The molecule has 0 radical (unpaired) electrons. The second kappa shape index (κ2) is 11.5. The lowest BCUT2D eigenvalue weighted by molar-refractivity contribution is -0.137. The van der Waals surface area contributed by atoms with Crippen LogP contribution in [0.2, 0.25) is 0 Å². The molecule has 37 heavy (non-hydrogen) atoms. The van der Waals surface area contributed by atoms with Crippen molar-refractivity contribution in [3.63, 3.8) is 0 Å². The van der Waals surface area contributed by atoms with Crippen LogP contribution in [0, 0.1) is 6.92 Å². The minimum absolute atomic E-state index is 0.0231. The van der Waals surface area contributed by atoms with E-state index in [1.165, 1.54) is 25.3 Å². The molecule has 0 aliphatic carbocycles. The minimum Gasteiger partial charge on any atom is -0.494 e. The number of anilines is 1. The van der Waals surface area contributed by atoms with Crippen LogP contribution in [0.15, 0.2) is 78.5 Å². The molecular formula is C26H26F3N5O3. The summed E-state index contributed by atoms with van der Waals surface area (Å²) in [5, 5.41) is 2.98. The number of rotatable bonds is 9. The molecule has 0 saturated carbocycles. The van der Waals surface area contributed by atoms with Crippen molar-refractivity contribution in [3.8, 4) is 11.4 Å². The van der Waals surface area contributed by atoms with Gasteiger partial charge in [0, 0.05) is 23.6 Å².